The number of nitrogens with one attached hydrogen (secondary N) is 1. The average Bonchev–Trinajstić information content (AvgIpc) is 3.16. The summed E-state index contributed by atoms with van der Waals surface area (Å²) in [5, 5.41) is 3.93. The maximum Gasteiger partial charge on any atom is 0.220 e. The highest BCUT2D eigenvalue weighted by Crippen LogP contribution is 2.49. The fourth-order valence-electron chi connectivity index (χ4n) is 4.53. The molecule has 0 radical (unpaired) electrons. The summed E-state index contributed by atoms with van der Waals surface area (Å²) in [6, 6.07) is 5.91. The SMILES string of the molecule is Cc1cc(Cl)ccc1OCCCC(=O)N[C@H](C)[C@@H]1C[C@H]2CC[C@H]1C2. The lowest BCUT2D eigenvalue weighted by Gasteiger charge is -2.28. The number of hydrogen-bond acceptors (Lipinski definition) is 2. The second-order valence-corrected chi connectivity index (χ2v) is 7.99. The number of amides is 1. The smallest absolute Gasteiger partial charge is 0.220 e. The summed E-state index contributed by atoms with van der Waals surface area (Å²) in [6.07, 6.45) is 6.73. The van der Waals surface area contributed by atoms with Crippen molar-refractivity contribution in [3.63, 3.8) is 0 Å². The molecule has 0 unspecified atom stereocenters. The Labute approximate surface area is 150 Å². The van der Waals surface area contributed by atoms with Crippen LogP contribution in [0.25, 0.3) is 0 Å². The van der Waals surface area contributed by atoms with Crippen molar-refractivity contribution in [3.8, 4) is 5.75 Å². The monoisotopic (exact) mass is 349 g/mol. The summed E-state index contributed by atoms with van der Waals surface area (Å²) in [5.41, 5.74) is 1.02. The quantitative estimate of drug-likeness (QED) is 0.721. The van der Waals surface area contributed by atoms with Gasteiger partial charge in [-0.05, 0) is 81.0 Å². The predicted molar refractivity (Wildman–Crippen MR) is 97.5 cm³/mol. The van der Waals surface area contributed by atoms with Crippen molar-refractivity contribution in [2.45, 2.75) is 58.4 Å². The van der Waals surface area contributed by atoms with Gasteiger partial charge in [0.1, 0.15) is 5.75 Å². The molecule has 2 aliphatic rings. The van der Waals surface area contributed by atoms with E-state index in [1.54, 1.807) is 0 Å². The number of fused-ring (bicyclic) bond motifs is 2. The predicted octanol–water partition coefficient (Wildman–Crippen LogP) is 4.75. The molecule has 2 aliphatic carbocycles. The van der Waals surface area contributed by atoms with Gasteiger partial charge in [0.2, 0.25) is 5.91 Å². The minimum absolute atomic E-state index is 0.154. The topological polar surface area (TPSA) is 38.3 Å². The zero-order chi connectivity index (χ0) is 17.1. The molecule has 1 aromatic carbocycles. The number of rotatable bonds is 7. The van der Waals surface area contributed by atoms with Gasteiger partial charge in [0.05, 0.1) is 6.61 Å². The number of carbonyl (C=O) groups is 1. The molecule has 4 atom stereocenters. The second-order valence-electron chi connectivity index (χ2n) is 7.56. The largest absolute Gasteiger partial charge is 0.493 e. The molecule has 1 N–H and O–H groups in total. The molecule has 2 saturated carbocycles. The minimum Gasteiger partial charge on any atom is -0.493 e. The Kier molecular flexibility index (Phi) is 5.70. The molecule has 1 aromatic rings. The molecule has 0 heterocycles. The fourth-order valence-corrected chi connectivity index (χ4v) is 4.76. The van der Waals surface area contributed by atoms with Gasteiger partial charge in [0.25, 0.3) is 0 Å². The normalized spacial score (nSPS) is 26.4. The molecule has 2 bridgehead atoms. The van der Waals surface area contributed by atoms with E-state index in [2.05, 4.69) is 12.2 Å². The Hall–Kier alpha value is -1.22. The Morgan fingerprint density at radius 3 is 2.88 bits per heavy atom. The molecule has 132 valence electrons. The third kappa shape index (κ3) is 4.24. The first-order valence-corrected chi connectivity index (χ1v) is 9.59. The van der Waals surface area contributed by atoms with Crippen molar-refractivity contribution < 1.29 is 9.53 Å². The fraction of sp³-hybridized carbons (Fsp3) is 0.650. The van der Waals surface area contributed by atoms with Crippen LogP contribution < -0.4 is 10.1 Å². The van der Waals surface area contributed by atoms with Gasteiger partial charge in [-0.1, -0.05) is 18.0 Å². The lowest BCUT2D eigenvalue weighted by molar-refractivity contribution is -0.122. The lowest BCUT2D eigenvalue weighted by atomic mass is 9.84. The van der Waals surface area contributed by atoms with Crippen LogP contribution in [-0.4, -0.2) is 18.6 Å². The standard InChI is InChI=1S/C20H28ClNO2/c1-13-10-17(21)7-8-19(13)24-9-3-4-20(23)22-14(2)18-12-15-5-6-16(18)11-15/h7-8,10,14-16,18H,3-6,9,11-12H2,1-2H3,(H,22,23)/t14-,15+,16+,18+/m1/s1. The third-order valence-corrected chi connectivity index (χ3v) is 6.00. The molecule has 1 amide bonds. The highest BCUT2D eigenvalue weighted by molar-refractivity contribution is 6.30. The molecule has 0 aliphatic heterocycles. The Morgan fingerprint density at radius 1 is 1.38 bits per heavy atom. The highest BCUT2D eigenvalue weighted by Gasteiger charge is 2.41. The van der Waals surface area contributed by atoms with E-state index >= 15 is 0 Å². The lowest BCUT2D eigenvalue weighted by Crippen LogP contribution is -2.40. The van der Waals surface area contributed by atoms with Gasteiger partial charge < -0.3 is 10.1 Å². The zero-order valence-corrected chi connectivity index (χ0v) is 15.4. The molecule has 3 nitrogen and oxygen atoms in total. The van der Waals surface area contributed by atoms with E-state index < -0.39 is 0 Å². The van der Waals surface area contributed by atoms with Crippen LogP contribution in [-0.2, 0) is 4.79 Å². The number of ether oxygens (including phenoxy) is 1. The maximum absolute atomic E-state index is 12.2. The van der Waals surface area contributed by atoms with Gasteiger partial charge >= 0.3 is 0 Å². The molecular weight excluding hydrogens is 322 g/mol. The molecule has 0 spiro atoms. The third-order valence-electron chi connectivity index (χ3n) is 5.77. The summed E-state index contributed by atoms with van der Waals surface area (Å²) in [6.45, 7) is 4.71. The summed E-state index contributed by atoms with van der Waals surface area (Å²) in [4.78, 5) is 12.2. The van der Waals surface area contributed by atoms with Crippen LogP contribution in [0.5, 0.6) is 5.75 Å². The van der Waals surface area contributed by atoms with E-state index in [-0.39, 0.29) is 5.91 Å². The first-order valence-electron chi connectivity index (χ1n) is 9.21. The number of carbonyl (C=O) groups excluding carboxylic acids is 1. The van der Waals surface area contributed by atoms with Crippen molar-refractivity contribution in [2.24, 2.45) is 17.8 Å². The summed E-state index contributed by atoms with van der Waals surface area (Å²) >= 11 is 5.94. The Balaban J connectivity index is 1.35. The van der Waals surface area contributed by atoms with Crippen molar-refractivity contribution >= 4 is 17.5 Å². The molecule has 4 heteroatoms. The molecular formula is C20H28ClNO2. The van der Waals surface area contributed by atoms with E-state index in [0.717, 1.165) is 29.6 Å². The number of halogens is 1. The van der Waals surface area contributed by atoms with Crippen LogP contribution in [0.4, 0.5) is 0 Å². The first-order chi connectivity index (χ1) is 11.5. The molecule has 3 rings (SSSR count). The van der Waals surface area contributed by atoms with E-state index in [1.807, 2.05) is 25.1 Å². The Morgan fingerprint density at radius 2 is 2.21 bits per heavy atom. The molecule has 2 fully saturated rings. The van der Waals surface area contributed by atoms with E-state index in [4.69, 9.17) is 16.3 Å². The maximum atomic E-state index is 12.2. The second kappa shape index (κ2) is 7.77. The highest BCUT2D eigenvalue weighted by atomic mass is 35.5. The van der Waals surface area contributed by atoms with Crippen LogP contribution in [0, 0.1) is 24.7 Å². The number of benzene rings is 1. The van der Waals surface area contributed by atoms with Gasteiger partial charge in [-0.15, -0.1) is 0 Å². The van der Waals surface area contributed by atoms with Gasteiger partial charge in [0, 0.05) is 17.5 Å². The van der Waals surface area contributed by atoms with Gasteiger partial charge in [-0.3, -0.25) is 4.79 Å². The summed E-state index contributed by atoms with van der Waals surface area (Å²) < 4.78 is 5.75. The summed E-state index contributed by atoms with van der Waals surface area (Å²) in [7, 11) is 0. The van der Waals surface area contributed by atoms with Crippen molar-refractivity contribution in [1.29, 1.82) is 0 Å². The average molecular weight is 350 g/mol. The molecule has 24 heavy (non-hydrogen) atoms. The molecule has 0 aromatic heterocycles. The van der Waals surface area contributed by atoms with Crippen molar-refractivity contribution in [1.82, 2.24) is 5.32 Å². The van der Waals surface area contributed by atoms with Crippen LogP contribution >= 0.6 is 11.6 Å². The van der Waals surface area contributed by atoms with Gasteiger partial charge in [-0.25, -0.2) is 0 Å². The molecule has 0 saturated heterocycles. The minimum atomic E-state index is 0.154. The van der Waals surface area contributed by atoms with Crippen molar-refractivity contribution in [3.05, 3.63) is 28.8 Å². The number of hydrogen-bond donors (Lipinski definition) is 1. The van der Waals surface area contributed by atoms with Crippen molar-refractivity contribution in [2.75, 3.05) is 6.61 Å². The van der Waals surface area contributed by atoms with Gasteiger partial charge in [-0.2, -0.15) is 0 Å². The van der Waals surface area contributed by atoms with E-state index in [9.17, 15) is 4.79 Å². The van der Waals surface area contributed by atoms with Crippen LogP contribution in [0.15, 0.2) is 18.2 Å². The van der Waals surface area contributed by atoms with Crippen LogP contribution in [0.3, 0.4) is 0 Å². The Bertz CT molecular complexity index is 589. The first kappa shape index (κ1) is 17.6. The van der Waals surface area contributed by atoms with Crippen LogP contribution in [0.2, 0.25) is 5.02 Å². The van der Waals surface area contributed by atoms with Crippen LogP contribution in [0.1, 0.15) is 51.0 Å². The van der Waals surface area contributed by atoms with E-state index in [1.165, 1.54) is 25.7 Å². The zero-order valence-electron chi connectivity index (χ0n) is 14.7. The van der Waals surface area contributed by atoms with E-state index in [0.29, 0.717) is 30.0 Å². The number of aryl methyl sites for hydroxylation is 1. The van der Waals surface area contributed by atoms with Gasteiger partial charge in [0.15, 0.2) is 0 Å². The summed E-state index contributed by atoms with van der Waals surface area (Å²) in [5.74, 6) is 3.47.